The zero-order valence-electron chi connectivity index (χ0n) is 11.6. The van der Waals surface area contributed by atoms with Crippen molar-refractivity contribution in [3.63, 3.8) is 0 Å². The Morgan fingerprint density at radius 2 is 2.00 bits per heavy atom. The summed E-state index contributed by atoms with van der Waals surface area (Å²) in [5, 5.41) is 0. The highest BCUT2D eigenvalue weighted by Crippen LogP contribution is 2.30. The summed E-state index contributed by atoms with van der Waals surface area (Å²) in [4.78, 5) is 12.4. The van der Waals surface area contributed by atoms with E-state index in [4.69, 9.17) is 4.74 Å². The molecular formula is C18H16O2. The molecule has 0 aliphatic heterocycles. The van der Waals surface area contributed by atoms with Gasteiger partial charge in [-0.2, -0.15) is 0 Å². The molecule has 0 unspecified atom stereocenters. The number of benzene rings is 2. The molecule has 0 fully saturated rings. The number of hydrogen-bond acceptors (Lipinski definition) is 2. The number of ketones is 1. The largest absolute Gasteiger partial charge is 0.497 e. The summed E-state index contributed by atoms with van der Waals surface area (Å²) in [6, 6.07) is 13.8. The number of ether oxygens (including phenoxy) is 1. The van der Waals surface area contributed by atoms with E-state index >= 15 is 0 Å². The lowest BCUT2D eigenvalue weighted by molar-refractivity contribution is 0.104. The van der Waals surface area contributed by atoms with E-state index in [2.05, 4.69) is 19.1 Å². The van der Waals surface area contributed by atoms with Crippen LogP contribution in [0.25, 0.3) is 6.08 Å². The summed E-state index contributed by atoms with van der Waals surface area (Å²) in [7, 11) is 1.64. The van der Waals surface area contributed by atoms with Gasteiger partial charge < -0.3 is 4.74 Å². The third-order valence-corrected chi connectivity index (χ3v) is 3.61. The van der Waals surface area contributed by atoms with Crippen LogP contribution < -0.4 is 4.74 Å². The Bertz CT molecular complexity index is 711. The predicted octanol–water partition coefficient (Wildman–Crippen LogP) is 3.83. The zero-order chi connectivity index (χ0) is 14.1. The van der Waals surface area contributed by atoms with Gasteiger partial charge in [0.1, 0.15) is 5.75 Å². The molecule has 3 rings (SSSR count). The fourth-order valence-electron chi connectivity index (χ4n) is 2.60. The van der Waals surface area contributed by atoms with Crippen LogP contribution in [-0.4, -0.2) is 12.9 Å². The topological polar surface area (TPSA) is 26.3 Å². The van der Waals surface area contributed by atoms with Gasteiger partial charge in [0.25, 0.3) is 0 Å². The summed E-state index contributed by atoms with van der Waals surface area (Å²) >= 11 is 0. The molecule has 0 spiro atoms. The SMILES string of the molecule is COc1ccc2c(c1)CC(=Cc1cccc(C)c1)C2=O. The number of hydrogen-bond donors (Lipinski definition) is 0. The molecule has 0 atom stereocenters. The maximum atomic E-state index is 12.4. The van der Waals surface area contributed by atoms with Gasteiger partial charge in [-0.25, -0.2) is 0 Å². The first-order chi connectivity index (χ1) is 9.67. The molecule has 0 saturated heterocycles. The van der Waals surface area contributed by atoms with Gasteiger partial charge in [-0.3, -0.25) is 4.79 Å². The van der Waals surface area contributed by atoms with E-state index in [1.54, 1.807) is 7.11 Å². The van der Waals surface area contributed by atoms with E-state index in [-0.39, 0.29) is 5.78 Å². The minimum Gasteiger partial charge on any atom is -0.497 e. The summed E-state index contributed by atoms with van der Waals surface area (Å²) in [6.07, 6.45) is 2.67. The summed E-state index contributed by atoms with van der Waals surface area (Å²) < 4.78 is 5.21. The van der Waals surface area contributed by atoms with E-state index in [1.807, 2.05) is 36.4 Å². The smallest absolute Gasteiger partial charge is 0.189 e. The first kappa shape index (κ1) is 12.7. The highest BCUT2D eigenvalue weighted by atomic mass is 16.5. The number of carbonyl (C=O) groups excluding carboxylic acids is 1. The number of rotatable bonds is 2. The lowest BCUT2D eigenvalue weighted by Crippen LogP contribution is -1.95. The lowest BCUT2D eigenvalue weighted by Gasteiger charge is -2.01. The van der Waals surface area contributed by atoms with Gasteiger partial charge in [-0.15, -0.1) is 0 Å². The zero-order valence-corrected chi connectivity index (χ0v) is 11.6. The van der Waals surface area contributed by atoms with Crippen molar-refractivity contribution >= 4 is 11.9 Å². The molecule has 0 saturated carbocycles. The van der Waals surface area contributed by atoms with Crippen molar-refractivity contribution in [3.8, 4) is 5.75 Å². The van der Waals surface area contributed by atoms with Crippen molar-refractivity contribution in [1.82, 2.24) is 0 Å². The molecule has 2 heteroatoms. The van der Waals surface area contributed by atoms with E-state index in [9.17, 15) is 4.79 Å². The molecular weight excluding hydrogens is 248 g/mol. The third kappa shape index (κ3) is 2.25. The maximum Gasteiger partial charge on any atom is 0.189 e. The quantitative estimate of drug-likeness (QED) is 0.771. The van der Waals surface area contributed by atoms with Gasteiger partial charge in [0.2, 0.25) is 0 Å². The molecule has 2 nitrogen and oxygen atoms in total. The monoisotopic (exact) mass is 264 g/mol. The fraction of sp³-hybridized carbons (Fsp3) is 0.167. The first-order valence-electron chi connectivity index (χ1n) is 6.66. The number of carbonyl (C=O) groups is 1. The molecule has 0 bridgehead atoms. The van der Waals surface area contributed by atoms with Gasteiger partial charge >= 0.3 is 0 Å². The van der Waals surface area contributed by atoms with Crippen molar-refractivity contribution in [1.29, 1.82) is 0 Å². The van der Waals surface area contributed by atoms with Crippen LogP contribution in [0.4, 0.5) is 0 Å². The number of aryl methyl sites for hydroxylation is 1. The first-order valence-corrected chi connectivity index (χ1v) is 6.66. The highest BCUT2D eigenvalue weighted by molar-refractivity contribution is 6.15. The number of methoxy groups -OCH3 is 1. The minimum absolute atomic E-state index is 0.129. The average Bonchev–Trinajstić information content (AvgIpc) is 2.75. The third-order valence-electron chi connectivity index (χ3n) is 3.61. The van der Waals surface area contributed by atoms with Crippen molar-refractivity contribution < 1.29 is 9.53 Å². The summed E-state index contributed by atoms with van der Waals surface area (Å²) in [6.45, 7) is 2.05. The maximum absolute atomic E-state index is 12.4. The van der Waals surface area contributed by atoms with Gasteiger partial charge in [0, 0.05) is 17.6 Å². The average molecular weight is 264 g/mol. The van der Waals surface area contributed by atoms with E-state index in [1.165, 1.54) is 5.56 Å². The van der Waals surface area contributed by atoms with Crippen LogP contribution in [0.5, 0.6) is 5.75 Å². The lowest BCUT2D eigenvalue weighted by atomic mass is 10.1. The van der Waals surface area contributed by atoms with Crippen molar-refractivity contribution in [2.75, 3.05) is 7.11 Å². The minimum atomic E-state index is 0.129. The molecule has 0 heterocycles. The van der Waals surface area contributed by atoms with E-state index in [0.717, 1.165) is 28.0 Å². The molecule has 20 heavy (non-hydrogen) atoms. The second kappa shape index (κ2) is 4.97. The molecule has 0 N–H and O–H groups in total. The Hall–Kier alpha value is -2.35. The molecule has 1 aliphatic rings. The molecule has 1 aliphatic carbocycles. The molecule has 2 aromatic carbocycles. The summed E-state index contributed by atoms with van der Waals surface area (Å²) in [5.74, 6) is 0.928. The van der Waals surface area contributed by atoms with Gasteiger partial charge in [0.15, 0.2) is 5.78 Å². The standard InChI is InChI=1S/C18H16O2/c1-12-4-3-5-13(8-12)9-15-10-14-11-16(20-2)6-7-17(14)18(15)19/h3-9,11H,10H2,1-2H3. The normalized spacial score (nSPS) is 15.5. The fourth-order valence-corrected chi connectivity index (χ4v) is 2.60. The van der Waals surface area contributed by atoms with E-state index in [0.29, 0.717) is 6.42 Å². The van der Waals surface area contributed by atoms with Crippen LogP contribution in [-0.2, 0) is 6.42 Å². The van der Waals surface area contributed by atoms with Gasteiger partial charge in [0.05, 0.1) is 7.11 Å². The van der Waals surface area contributed by atoms with E-state index < -0.39 is 0 Å². The molecule has 0 aromatic heterocycles. The van der Waals surface area contributed by atoms with Gasteiger partial charge in [-0.1, -0.05) is 29.8 Å². The van der Waals surface area contributed by atoms with Crippen LogP contribution in [0.15, 0.2) is 48.0 Å². The highest BCUT2D eigenvalue weighted by Gasteiger charge is 2.24. The van der Waals surface area contributed by atoms with Crippen LogP contribution in [0.2, 0.25) is 0 Å². The number of Topliss-reactive ketones (excluding diaryl/α,β-unsaturated/α-hetero) is 1. The molecule has 0 amide bonds. The molecule has 100 valence electrons. The Kier molecular flexibility index (Phi) is 3.15. The number of fused-ring (bicyclic) bond motifs is 1. The Labute approximate surface area is 118 Å². The second-order valence-corrected chi connectivity index (χ2v) is 5.11. The van der Waals surface area contributed by atoms with Crippen LogP contribution in [0, 0.1) is 6.92 Å². The van der Waals surface area contributed by atoms with Crippen molar-refractivity contribution in [2.24, 2.45) is 0 Å². The number of allylic oxidation sites excluding steroid dienone is 1. The Morgan fingerprint density at radius 3 is 2.75 bits per heavy atom. The Morgan fingerprint density at radius 1 is 1.15 bits per heavy atom. The second-order valence-electron chi connectivity index (χ2n) is 5.11. The van der Waals surface area contributed by atoms with Gasteiger partial charge in [-0.05, 0) is 42.3 Å². The van der Waals surface area contributed by atoms with Crippen molar-refractivity contribution in [2.45, 2.75) is 13.3 Å². The Balaban J connectivity index is 1.97. The van der Waals surface area contributed by atoms with Crippen LogP contribution in [0.3, 0.4) is 0 Å². The van der Waals surface area contributed by atoms with Crippen molar-refractivity contribution in [3.05, 3.63) is 70.3 Å². The van der Waals surface area contributed by atoms with Crippen LogP contribution in [0.1, 0.15) is 27.0 Å². The summed E-state index contributed by atoms with van der Waals surface area (Å²) in [5.41, 5.74) is 4.97. The molecule has 0 radical (unpaired) electrons. The van der Waals surface area contributed by atoms with Crippen LogP contribution >= 0.6 is 0 Å². The predicted molar refractivity (Wildman–Crippen MR) is 80.2 cm³/mol. The molecule has 2 aromatic rings.